The number of hydrogen-bond acceptors (Lipinski definition) is 5. The standard InChI is InChI=1S/C19H25ClN4O2S/c1-12(2)17(18(25)23(3)4)27-19-22-21-16(24(19)13-9-10-13)11-26-15-8-6-5-7-14(15)20/h5-8,12-13,17H,9-11H2,1-4H3. The normalized spacial score (nSPS) is 15.0. The lowest BCUT2D eigenvalue weighted by molar-refractivity contribution is -0.128. The first-order valence-electron chi connectivity index (χ1n) is 9.07. The van der Waals surface area contributed by atoms with Crippen molar-refractivity contribution >= 4 is 29.3 Å². The molecule has 1 saturated carbocycles. The summed E-state index contributed by atoms with van der Waals surface area (Å²) < 4.78 is 7.98. The highest BCUT2D eigenvalue weighted by atomic mass is 35.5. The topological polar surface area (TPSA) is 60.3 Å². The second-order valence-electron chi connectivity index (χ2n) is 7.23. The number of carbonyl (C=O) groups is 1. The van der Waals surface area contributed by atoms with Crippen LogP contribution in [0.3, 0.4) is 0 Å². The maximum atomic E-state index is 12.5. The van der Waals surface area contributed by atoms with Crippen molar-refractivity contribution in [2.24, 2.45) is 5.92 Å². The third-order valence-corrected chi connectivity index (χ3v) is 6.16. The van der Waals surface area contributed by atoms with E-state index >= 15 is 0 Å². The van der Waals surface area contributed by atoms with Crippen LogP contribution in [0.25, 0.3) is 0 Å². The summed E-state index contributed by atoms with van der Waals surface area (Å²) in [4.78, 5) is 14.2. The number of hydrogen-bond donors (Lipinski definition) is 0. The Morgan fingerprint density at radius 1 is 1.33 bits per heavy atom. The van der Waals surface area contributed by atoms with Crippen LogP contribution in [0.5, 0.6) is 5.75 Å². The molecule has 0 radical (unpaired) electrons. The maximum absolute atomic E-state index is 12.5. The molecule has 27 heavy (non-hydrogen) atoms. The van der Waals surface area contributed by atoms with Crippen LogP contribution in [0, 0.1) is 5.92 Å². The number of rotatable bonds is 8. The summed E-state index contributed by atoms with van der Waals surface area (Å²) in [7, 11) is 3.57. The van der Waals surface area contributed by atoms with Crippen molar-refractivity contribution in [3.8, 4) is 5.75 Å². The lowest BCUT2D eigenvalue weighted by Crippen LogP contribution is -2.35. The predicted octanol–water partition coefficient (Wildman–Crippen LogP) is 4.05. The molecule has 1 aromatic heterocycles. The molecule has 1 aliphatic rings. The summed E-state index contributed by atoms with van der Waals surface area (Å²) in [5.74, 6) is 1.67. The zero-order valence-corrected chi connectivity index (χ0v) is 17.6. The molecule has 3 rings (SSSR count). The molecule has 1 fully saturated rings. The van der Waals surface area contributed by atoms with E-state index in [9.17, 15) is 4.79 Å². The van der Waals surface area contributed by atoms with Crippen LogP contribution in [0.2, 0.25) is 5.02 Å². The Bertz CT molecular complexity index is 805. The second-order valence-corrected chi connectivity index (χ2v) is 8.75. The van der Waals surface area contributed by atoms with Gasteiger partial charge in [0.2, 0.25) is 5.91 Å². The summed E-state index contributed by atoms with van der Waals surface area (Å²) in [6, 6.07) is 7.76. The monoisotopic (exact) mass is 408 g/mol. The molecular formula is C19H25ClN4O2S. The first kappa shape index (κ1) is 20.0. The highest BCUT2D eigenvalue weighted by molar-refractivity contribution is 8.00. The minimum atomic E-state index is -0.195. The molecule has 1 amide bonds. The van der Waals surface area contributed by atoms with E-state index in [4.69, 9.17) is 16.3 Å². The van der Waals surface area contributed by atoms with Crippen LogP contribution >= 0.6 is 23.4 Å². The van der Waals surface area contributed by atoms with Gasteiger partial charge in [0.05, 0.1) is 10.3 Å². The van der Waals surface area contributed by atoms with Crippen molar-refractivity contribution in [3.05, 3.63) is 35.1 Å². The van der Waals surface area contributed by atoms with Gasteiger partial charge in [-0.2, -0.15) is 0 Å². The van der Waals surface area contributed by atoms with Gasteiger partial charge in [-0.3, -0.25) is 9.36 Å². The van der Waals surface area contributed by atoms with Gasteiger partial charge in [0, 0.05) is 20.1 Å². The van der Waals surface area contributed by atoms with Crippen molar-refractivity contribution in [1.29, 1.82) is 0 Å². The summed E-state index contributed by atoms with van der Waals surface area (Å²) in [6.07, 6.45) is 2.19. The van der Waals surface area contributed by atoms with Crippen LogP contribution in [0.4, 0.5) is 0 Å². The average Bonchev–Trinajstić information content (AvgIpc) is 3.39. The van der Waals surface area contributed by atoms with E-state index < -0.39 is 0 Å². The van der Waals surface area contributed by atoms with Crippen LogP contribution in [0.1, 0.15) is 38.6 Å². The smallest absolute Gasteiger partial charge is 0.235 e. The molecule has 0 N–H and O–H groups in total. The Morgan fingerprint density at radius 3 is 2.63 bits per heavy atom. The van der Waals surface area contributed by atoms with E-state index in [1.54, 1.807) is 25.1 Å². The van der Waals surface area contributed by atoms with Crippen LogP contribution in [-0.4, -0.2) is 44.9 Å². The largest absolute Gasteiger partial charge is 0.484 e. The van der Waals surface area contributed by atoms with E-state index in [0.717, 1.165) is 23.8 Å². The number of nitrogens with zero attached hydrogens (tertiary/aromatic N) is 4. The zero-order chi connectivity index (χ0) is 19.6. The summed E-state index contributed by atoms with van der Waals surface area (Å²) in [5.41, 5.74) is 0. The first-order valence-corrected chi connectivity index (χ1v) is 10.3. The molecule has 2 aromatic rings. The third-order valence-electron chi connectivity index (χ3n) is 4.36. The van der Waals surface area contributed by atoms with Gasteiger partial charge < -0.3 is 9.64 Å². The summed E-state index contributed by atoms with van der Waals surface area (Å²) in [6.45, 7) is 4.40. The van der Waals surface area contributed by atoms with Crippen LogP contribution < -0.4 is 4.74 Å². The Kier molecular flexibility index (Phi) is 6.32. The van der Waals surface area contributed by atoms with E-state index in [1.165, 1.54) is 11.8 Å². The number of ether oxygens (including phenoxy) is 1. The minimum absolute atomic E-state index is 0.0919. The van der Waals surface area contributed by atoms with E-state index in [1.807, 2.05) is 18.2 Å². The van der Waals surface area contributed by atoms with Gasteiger partial charge in [-0.15, -0.1) is 10.2 Å². The summed E-state index contributed by atoms with van der Waals surface area (Å²) >= 11 is 7.65. The Morgan fingerprint density at radius 2 is 2.04 bits per heavy atom. The van der Waals surface area contributed by atoms with Gasteiger partial charge >= 0.3 is 0 Å². The fraction of sp³-hybridized carbons (Fsp3) is 0.526. The fourth-order valence-corrected chi connectivity index (χ4v) is 4.19. The van der Waals surface area contributed by atoms with Gasteiger partial charge in [0.1, 0.15) is 12.4 Å². The molecule has 1 heterocycles. The predicted molar refractivity (Wildman–Crippen MR) is 107 cm³/mol. The van der Waals surface area contributed by atoms with E-state index in [2.05, 4.69) is 28.6 Å². The van der Waals surface area contributed by atoms with Crippen molar-refractivity contribution in [1.82, 2.24) is 19.7 Å². The molecule has 0 spiro atoms. The van der Waals surface area contributed by atoms with Crippen molar-refractivity contribution in [3.63, 3.8) is 0 Å². The Hall–Kier alpha value is -1.73. The highest BCUT2D eigenvalue weighted by Gasteiger charge is 2.33. The molecule has 0 bridgehead atoms. The first-order chi connectivity index (χ1) is 12.9. The lowest BCUT2D eigenvalue weighted by Gasteiger charge is -2.23. The molecule has 0 saturated heterocycles. The lowest BCUT2D eigenvalue weighted by atomic mass is 10.1. The number of aromatic nitrogens is 3. The minimum Gasteiger partial charge on any atom is -0.484 e. The van der Waals surface area contributed by atoms with Crippen LogP contribution in [0.15, 0.2) is 29.4 Å². The number of benzene rings is 1. The molecule has 6 nitrogen and oxygen atoms in total. The Balaban J connectivity index is 1.79. The summed E-state index contributed by atoms with van der Waals surface area (Å²) in [5, 5.41) is 9.86. The van der Waals surface area contributed by atoms with Crippen molar-refractivity contribution in [2.45, 2.75) is 49.7 Å². The van der Waals surface area contributed by atoms with Crippen molar-refractivity contribution in [2.75, 3.05) is 14.1 Å². The molecular weight excluding hydrogens is 384 g/mol. The zero-order valence-electron chi connectivity index (χ0n) is 16.1. The van der Waals surface area contributed by atoms with Gasteiger partial charge in [-0.25, -0.2) is 0 Å². The molecule has 8 heteroatoms. The number of thioether (sulfide) groups is 1. The van der Waals surface area contributed by atoms with E-state index in [0.29, 0.717) is 23.4 Å². The van der Waals surface area contributed by atoms with E-state index in [-0.39, 0.29) is 17.1 Å². The van der Waals surface area contributed by atoms with Gasteiger partial charge in [-0.1, -0.05) is 49.3 Å². The molecule has 146 valence electrons. The average molecular weight is 409 g/mol. The maximum Gasteiger partial charge on any atom is 0.235 e. The third kappa shape index (κ3) is 4.76. The quantitative estimate of drug-likeness (QED) is 0.616. The number of para-hydroxylation sites is 1. The molecule has 1 atom stereocenters. The molecule has 1 aliphatic carbocycles. The number of carbonyl (C=O) groups excluding carboxylic acids is 1. The second kappa shape index (κ2) is 8.52. The highest BCUT2D eigenvalue weighted by Crippen LogP contribution is 2.40. The molecule has 1 unspecified atom stereocenters. The molecule has 0 aliphatic heterocycles. The van der Waals surface area contributed by atoms with Gasteiger partial charge in [0.25, 0.3) is 0 Å². The number of halogens is 1. The fourth-order valence-electron chi connectivity index (χ4n) is 2.73. The molecule has 1 aromatic carbocycles. The van der Waals surface area contributed by atoms with Crippen molar-refractivity contribution < 1.29 is 9.53 Å². The van der Waals surface area contributed by atoms with Gasteiger partial charge in [0.15, 0.2) is 11.0 Å². The number of amides is 1. The van der Waals surface area contributed by atoms with Gasteiger partial charge in [-0.05, 0) is 30.9 Å². The SMILES string of the molecule is CC(C)C(Sc1nnc(COc2ccccc2Cl)n1C1CC1)C(=O)N(C)C. The van der Waals surface area contributed by atoms with Crippen LogP contribution in [-0.2, 0) is 11.4 Å². The Labute approximate surface area is 169 Å².